The highest BCUT2D eigenvalue weighted by Crippen LogP contribution is 2.22. The van der Waals surface area contributed by atoms with Gasteiger partial charge in [-0.25, -0.2) is 8.42 Å². The minimum absolute atomic E-state index is 0.0123. The molecule has 1 heterocycles. The van der Waals surface area contributed by atoms with Crippen LogP contribution in [-0.4, -0.2) is 30.8 Å². The van der Waals surface area contributed by atoms with E-state index in [0.29, 0.717) is 15.6 Å². The molecule has 10 heteroatoms. The Hall–Kier alpha value is -1.90. The number of carbonyl (C=O) groups is 1. The van der Waals surface area contributed by atoms with Crippen molar-refractivity contribution < 1.29 is 17.6 Å². The van der Waals surface area contributed by atoms with Crippen LogP contribution in [0.4, 0.5) is 0 Å². The van der Waals surface area contributed by atoms with Crippen LogP contribution in [0.3, 0.4) is 0 Å². The number of nitrogens with zero attached hydrogens (tertiary/aromatic N) is 2. The third kappa shape index (κ3) is 4.80. The van der Waals surface area contributed by atoms with E-state index in [0.717, 1.165) is 6.26 Å². The van der Waals surface area contributed by atoms with E-state index in [1.54, 1.807) is 25.1 Å². The average Bonchev–Trinajstić information content (AvgIpc) is 2.96. The topological polar surface area (TPSA) is 102 Å². The van der Waals surface area contributed by atoms with Crippen LogP contribution >= 0.6 is 23.2 Å². The van der Waals surface area contributed by atoms with Gasteiger partial charge in [0.05, 0.1) is 0 Å². The van der Waals surface area contributed by atoms with Gasteiger partial charge in [-0.3, -0.25) is 4.79 Å². The zero-order valence-electron chi connectivity index (χ0n) is 12.7. The first-order chi connectivity index (χ1) is 11.2. The Morgan fingerprint density at radius 3 is 2.62 bits per heavy atom. The summed E-state index contributed by atoms with van der Waals surface area (Å²) in [5.74, 6) is -0.450. The van der Waals surface area contributed by atoms with Crippen LogP contribution in [0.25, 0.3) is 6.08 Å². The minimum Gasteiger partial charge on any atom is -0.410 e. The molecule has 0 spiro atoms. The van der Waals surface area contributed by atoms with Gasteiger partial charge >= 0.3 is 5.22 Å². The smallest absolute Gasteiger partial charge is 0.335 e. The molecule has 0 radical (unpaired) electrons. The van der Waals surface area contributed by atoms with Gasteiger partial charge in [0.2, 0.25) is 21.6 Å². The lowest BCUT2D eigenvalue weighted by atomic mass is 10.2. The van der Waals surface area contributed by atoms with Crippen molar-refractivity contribution in [2.75, 3.05) is 6.26 Å². The molecule has 0 saturated heterocycles. The quantitative estimate of drug-likeness (QED) is 0.788. The maximum absolute atomic E-state index is 11.9. The van der Waals surface area contributed by atoms with Gasteiger partial charge in [-0.1, -0.05) is 34.4 Å². The lowest BCUT2D eigenvalue weighted by molar-refractivity contribution is -0.117. The zero-order valence-corrected chi connectivity index (χ0v) is 15.0. The molecule has 24 heavy (non-hydrogen) atoms. The Morgan fingerprint density at radius 2 is 2.04 bits per heavy atom. The number of hydrogen-bond donors (Lipinski definition) is 1. The van der Waals surface area contributed by atoms with Gasteiger partial charge in [-0.05, 0) is 30.7 Å². The van der Waals surface area contributed by atoms with Crippen molar-refractivity contribution in [3.05, 3.63) is 45.8 Å². The van der Waals surface area contributed by atoms with Gasteiger partial charge < -0.3 is 9.73 Å². The summed E-state index contributed by atoms with van der Waals surface area (Å²) in [6.45, 7) is 1.58. The Balaban J connectivity index is 2.03. The summed E-state index contributed by atoms with van der Waals surface area (Å²) in [6.07, 6.45) is 3.75. The summed E-state index contributed by atoms with van der Waals surface area (Å²) in [5.41, 5.74) is 0.626. The number of carbonyl (C=O) groups excluding carboxylic acids is 1. The van der Waals surface area contributed by atoms with E-state index in [4.69, 9.17) is 27.6 Å². The summed E-state index contributed by atoms with van der Waals surface area (Å²) in [4.78, 5) is 11.9. The molecule has 2 aromatic rings. The first kappa shape index (κ1) is 18.4. The van der Waals surface area contributed by atoms with Crippen LogP contribution < -0.4 is 5.32 Å². The molecule has 0 unspecified atom stereocenters. The predicted molar refractivity (Wildman–Crippen MR) is 89.5 cm³/mol. The SMILES string of the molecule is C[C@H](NC(=O)/C=C/c1ccc(Cl)cc1Cl)c1nnc(S(C)(=O)=O)o1. The molecule has 0 aliphatic heterocycles. The molecular formula is C14H13Cl2N3O4S. The monoisotopic (exact) mass is 389 g/mol. The van der Waals surface area contributed by atoms with E-state index in [9.17, 15) is 13.2 Å². The maximum Gasteiger partial charge on any atom is 0.335 e. The number of benzene rings is 1. The number of rotatable bonds is 5. The highest BCUT2D eigenvalue weighted by atomic mass is 35.5. The van der Waals surface area contributed by atoms with Crippen molar-refractivity contribution in [3.63, 3.8) is 0 Å². The molecule has 2 rings (SSSR count). The molecule has 0 aliphatic carbocycles. The first-order valence-electron chi connectivity index (χ1n) is 6.64. The fourth-order valence-corrected chi connectivity index (χ4v) is 2.57. The Kier molecular flexibility index (Phi) is 5.63. The fourth-order valence-electron chi connectivity index (χ4n) is 1.67. The molecule has 1 atom stereocenters. The summed E-state index contributed by atoms with van der Waals surface area (Å²) < 4.78 is 27.6. The molecule has 0 bridgehead atoms. The van der Waals surface area contributed by atoms with Gasteiger partial charge in [-0.2, -0.15) is 0 Å². The molecule has 7 nitrogen and oxygen atoms in total. The van der Waals surface area contributed by atoms with E-state index < -0.39 is 27.0 Å². The minimum atomic E-state index is -3.59. The number of amides is 1. The van der Waals surface area contributed by atoms with E-state index >= 15 is 0 Å². The van der Waals surface area contributed by atoms with E-state index in [1.807, 2.05) is 0 Å². The molecular weight excluding hydrogens is 377 g/mol. The van der Waals surface area contributed by atoms with Crippen molar-refractivity contribution in [1.82, 2.24) is 15.5 Å². The van der Waals surface area contributed by atoms with Crippen LogP contribution in [0.5, 0.6) is 0 Å². The second kappa shape index (κ2) is 7.33. The zero-order chi connectivity index (χ0) is 17.9. The first-order valence-corrected chi connectivity index (χ1v) is 9.28. The van der Waals surface area contributed by atoms with Crippen LogP contribution in [0.1, 0.15) is 24.4 Å². The van der Waals surface area contributed by atoms with Gasteiger partial charge in [-0.15, -0.1) is 5.10 Å². The van der Waals surface area contributed by atoms with Crippen molar-refractivity contribution >= 4 is 45.0 Å². The Labute approximate surface area is 148 Å². The number of sulfone groups is 1. The van der Waals surface area contributed by atoms with Gasteiger partial charge in [0, 0.05) is 22.4 Å². The summed E-state index contributed by atoms with van der Waals surface area (Å²) in [7, 11) is -3.59. The molecule has 128 valence electrons. The lowest BCUT2D eigenvalue weighted by Gasteiger charge is -2.07. The number of nitrogens with one attached hydrogen (secondary N) is 1. The highest BCUT2D eigenvalue weighted by Gasteiger charge is 2.20. The lowest BCUT2D eigenvalue weighted by Crippen LogP contribution is -2.24. The molecule has 1 N–H and O–H groups in total. The van der Waals surface area contributed by atoms with E-state index in [-0.39, 0.29) is 5.89 Å². The van der Waals surface area contributed by atoms with Crippen molar-refractivity contribution in [2.24, 2.45) is 0 Å². The van der Waals surface area contributed by atoms with E-state index in [2.05, 4.69) is 15.5 Å². The Bertz CT molecular complexity index is 893. The third-order valence-electron chi connectivity index (χ3n) is 2.85. The van der Waals surface area contributed by atoms with Crippen LogP contribution in [0, 0.1) is 0 Å². The number of halogens is 2. The second-order valence-electron chi connectivity index (χ2n) is 4.91. The summed E-state index contributed by atoms with van der Waals surface area (Å²) in [5, 5.41) is 10.0. The highest BCUT2D eigenvalue weighted by molar-refractivity contribution is 7.90. The van der Waals surface area contributed by atoms with E-state index in [1.165, 1.54) is 12.2 Å². The van der Waals surface area contributed by atoms with Crippen LogP contribution in [0.2, 0.25) is 10.0 Å². The van der Waals surface area contributed by atoms with Gasteiger partial charge in [0.15, 0.2) is 0 Å². The standard InChI is InChI=1S/C14H13Cl2N3O4S/c1-8(13-18-19-14(23-13)24(2,21)22)17-12(20)6-4-9-3-5-10(15)7-11(9)16/h3-8H,1-2H3,(H,17,20)/b6-4+/t8-/m0/s1. The van der Waals surface area contributed by atoms with Gasteiger partial charge in [0.25, 0.3) is 0 Å². The average molecular weight is 390 g/mol. The molecule has 1 aromatic heterocycles. The number of hydrogen-bond acceptors (Lipinski definition) is 6. The van der Waals surface area contributed by atoms with Crippen LogP contribution in [-0.2, 0) is 14.6 Å². The maximum atomic E-state index is 11.9. The normalized spacial score (nSPS) is 13.2. The molecule has 0 saturated carbocycles. The van der Waals surface area contributed by atoms with Crippen molar-refractivity contribution in [2.45, 2.75) is 18.2 Å². The second-order valence-corrected chi connectivity index (χ2v) is 7.65. The van der Waals surface area contributed by atoms with Crippen LogP contribution in [0.15, 0.2) is 33.9 Å². The largest absolute Gasteiger partial charge is 0.410 e. The summed E-state index contributed by atoms with van der Waals surface area (Å²) in [6, 6.07) is 4.23. The molecule has 1 aromatic carbocycles. The molecule has 1 amide bonds. The molecule has 0 aliphatic rings. The predicted octanol–water partition coefficient (Wildman–Crippen LogP) is 2.67. The van der Waals surface area contributed by atoms with Crippen molar-refractivity contribution in [1.29, 1.82) is 0 Å². The summed E-state index contributed by atoms with van der Waals surface area (Å²) >= 11 is 11.8. The Morgan fingerprint density at radius 1 is 1.33 bits per heavy atom. The molecule has 0 fully saturated rings. The fraction of sp³-hybridized carbons (Fsp3) is 0.214. The third-order valence-corrected chi connectivity index (χ3v) is 4.21. The van der Waals surface area contributed by atoms with Crippen molar-refractivity contribution in [3.8, 4) is 0 Å². The van der Waals surface area contributed by atoms with Gasteiger partial charge in [0.1, 0.15) is 6.04 Å². The number of aromatic nitrogens is 2.